The Labute approximate surface area is 149 Å². The number of hydrogen-bond acceptors (Lipinski definition) is 4. The number of rotatable bonds is 5. The zero-order valence-corrected chi connectivity index (χ0v) is 14.7. The van der Waals surface area contributed by atoms with Crippen molar-refractivity contribution in [1.82, 2.24) is 4.98 Å². The van der Waals surface area contributed by atoms with E-state index in [1.807, 2.05) is 29.6 Å². The minimum Gasteiger partial charge on any atom is -0.369 e. The summed E-state index contributed by atoms with van der Waals surface area (Å²) in [5.41, 5.74) is 10.3. The molecule has 0 unspecified atom stereocenters. The molecule has 1 amide bonds. The summed E-state index contributed by atoms with van der Waals surface area (Å²) in [6.07, 6.45) is 2.61. The second-order valence-electron chi connectivity index (χ2n) is 6.62. The molecule has 126 valence electrons. The van der Waals surface area contributed by atoms with Crippen LogP contribution in [0.5, 0.6) is 0 Å². The predicted molar refractivity (Wildman–Crippen MR) is 99.9 cm³/mol. The van der Waals surface area contributed by atoms with Gasteiger partial charge in [0.25, 0.3) is 0 Å². The van der Waals surface area contributed by atoms with Gasteiger partial charge in [0.2, 0.25) is 5.91 Å². The fourth-order valence-electron chi connectivity index (χ4n) is 3.15. The number of nitrogens with zero attached hydrogens (tertiary/aromatic N) is 1. The van der Waals surface area contributed by atoms with Crippen LogP contribution in [0.15, 0.2) is 35.7 Å². The normalized spacial score (nSPS) is 14.0. The summed E-state index contributed by atoms with van der Waals surface area (Å²) >= 11 is 1.46. The van der Waals surface area contributed by atoms with E-state index >= 15 is 0 Å². The number of aromatic nitrogens is 1. The lowest BCUT2D eigenvalue weighted by molar-refractivity contribution is -0.117. The zero-order valence-electron chi connectivity index (χ0n) is 13.9. The molecule has 0 aliphatic heterocycles. The van der Waals surface area contributed by atoms with Crippen LogP contribution < -0.4 is 5.73 Å². The second kappa shape index (κ2) is 6.08. The van der Waals surface area contributed by atoms with Gasteiger partial charge in [0.05, 0.1) is 22.5 Å². The summed E-state index contributed by atoms with van der Waals surface area (Å²) in [5, 5.41) is 3.09. The van der Waals surface area contributed by atoms with Crippen molar-refractivity contribution in [3.05, 3.63) is 51.7 Å². The van der Waals surface area contributed by atoms with Gasteiger partial charge in [-0.05, 0) is 61.1 Å². The Morgan fingerprint density at radius 2 is 2.04 bits per heavy atom. The first-order valence-corrected chi connectivity index (χ1v) is 9.21. The molecular formula is C20H18N2O2S. The Balaban J connectivity index is 1.84. The minimum absolute atomic E-state index is 0.0792. The van der Waals surface area contributed by atoms with Crippen LogP contribution in [0.25, 0.3) is 22.2 Å². The molecule has 0 bridgehead atoms. The third-order valence-electron chi connectivity index (χ3n) is 4.54. The average Bonchev–Trinajstić information content (AvgIpc) is 3.28. The maximum Gasteiger partial charge on any atom is 0.221 e. The van der Waals surface area contributed by atoms with E-state index < -0.39 is 0 Å². The smallest absolute Gasteiger partial charge is 0.221 e. The van der Waals surface area contributed by atoms with Gasteiger partial charge < -0.3 is 5.73 Å². The van der Waals surface area contributed by atoms with E-state index in [9.17, 15) is 9.59 Å². The van der Waals surface area contributed by atoms with Crippen LogP contribution in [-0.2, 0) is 11.2 Å². The quantitative estimate of drug-likeness (QED) is 0.705. The Hall–Kier alpha value is -2.53. The number of Topliss-reactive ketones (excluding diaryl/α,β-unsaturated/α-hetero) is 1. The van der Waals surface area contributed by atoms with Gasteiger partial charge in [-0.15, -0.1) is 11.3 Å². The van der Waals surface area contributed by atoms with Crippen molar-refractivity contribution in [3.8, 4) is 11.3 Å². The van der Waals surface area contributed by atoms with E-state index in [4.69, 9.17) is 10.7 Å². The van der Waals surface area contributed by atoms with Crippen molar-refractivity contribution >= 4 is 33.9 Å². The SMILES string of the molecule is CC(=O)c1cc(-c2cc(C3CC3)c3cc(CC(N)=O)ccc3n2)cs1. The van der Waals surface area contributed by atoms with Crippen LogP contribution in [0, 0.1) is 0 Å². The maximum atomic E-state index is 11.6. The Bertz CT molecular complexity index is 1000. The summed E-state index contributed by atoms with van der Waals surface area (Å²) in [7, 11) is 0. The number of carbonyl (C=O) groups excluding carboxylic acids is 2. The largest absolute Gasteiger partial charge is 0.369 e. The Morgan fingerprint density at radius 1 is 1.24 bits per heavy atom. The highest BCUT2D eigenvalue weighted by Gasteiger charge is 2.26. The van der Waals surface area contributed by atoms with Gasteiger partial charge in [-0.25, -0.2) is 4.98 Å². The standard InChI is InChI=1S/C20H18N2O2S/c1-11(23)19-8-14(10-25-19)18-9-15(13-3-4-13)16-6-12(7-20(21)24)2-5-17(16)22-18/h2,5-6,8-10,13H,3-4,7H2,1H3,(H2,21,24). The van der Waals surface area contributed by atoms with E-state index in [0.29, 0.717) is 5.92 Å². The molecule has 4 nitrogen and oxygen atoms in total. The summed E-state index contributed by atoms with van der Waals surface area (Å²) in [6.45, 7) is 1.58. The molecule has 2 aromatic heterocycles. The molecule has 1 aliphatic carbocycles. The van der Waals surface area contributed by atoms with Crippen LogP contribution in [-0.4, -0.2) is 16.7 Å². The molecular weight excluding hydrogens is 332 g/mol. The Kier molecular flexibility index (Phi) is 3.88. The summed E-state index contributed by atoms with van der Waals surface area (Å²) in [6, 6.07) is 9.97. The van der Waals surface area contributed by atoms with Gasteiger partial charge in [0.15, 0.2) is 5.78 Å². The molecule has 1 aromatic carbocycles. The van der Waals surface area contributed by atoms with Crippen LogP contribution >= 0.6 is 11.3 Å². The molecule has 1 fully saturated rings. The number of nitrogens with two attached hydrogens (primary N) is 1. The van der Waals surface area contributed by atoms with E-state index in [2.05, 4.69) is 6.07 Å². The number of ketones is 1. The molecule has 0 saturated heterocycles. The third-order valence-corrected chi connectivity index (χ3v) is 5.57. The van der Waals surface area contributed by atoms with E-state index in [1.165, 1.54) is 29.7 Å². The average molecular weight is 350 g/mol. The van der Waals surface area contributed by atoms with Crippen molar-refractivity contribution in [2.24, 2.45) is 5.73 Å². The molecule has 2 heterocycles. The van der Waals surface area contributed by atoms with Gasteiger partial charge in [-0.1, -0.05) is 6.07 Å². The lowest BCUT2D eigenvalue weighted by Gasteiger charge is -2.10. The van der Waals surface area contributed by atoms with Crippen molar-refractivity contribution in [2.45, 2.75) is 32.1 Å². The first kappa shape index (κ1) is 16.0. The van der Waals surface area contributed by atoms with E-state index in [-0.39, 0.29) is 18.1 Å². The minimum atomic E-state index is -0.327. The lowest BCUT2D eigenvalue weighted by atomic mass is 9.99. The van der Waals surface area contributed by atoms with Crippen molar-refractivity contribution in [2.75, 3.05) is 0 Å². The monoisotopic (exact) mass is 350 g/mol. The number of benzene rings is 1. The number of primary amides is 1. The molecule has 4 rings (SSSR count). The number of hydrogen-bond donors (Lipinski definition) is 1. The molecule has 3 aromatic rings. The summed E-state index contributed by atoms with van der Waals surface area (Å²) in [4.78, 5) is 28.3. The fourth-order valence-corrected chi connectivity index (χ4v) is 3.95. The summed E-state index contributed by atoms with van der Waals surface area (Å²) < 4.78 is 0. The molecule has 1 aliphatic rings. The first-order chi connectivity index (χ1) is 12.0. The van der Waals surface area contributed by atoms with E-state index in [0.717, 1.165) is 32.6 Å². The maximum absolute atomic E-state index is 11.6. The molecule has 1 saturated carbocycles. The number of pyridine rings is 1. The van der Waals surface area contributed by atoms with Crippen LogP contribution in [0.1, 0.15) is 46.5 Å². The number of fused-ring (bicyclic) bond motifs is 1. The van der Waals surface area contributed by atoms with Crippen molar-refractivity contribution in [1.29, 1.82) is 0 Å². The number of thiophene rings is 1. The number of amides is 1. The Morgan fingerprint density at radius 3 is 2.68 bits per heavy atom. The van der Waals surface area contributed by atoms with Crippen LogP contribution in [0.2, 0.25) is 0 Å². The van der Waals surface area contributed by atoms with Gasteiger partial charge >= 0.3 is 0 Å². The number of carbonyl (C=O) groups is 2. The summed E-state index contributed by atoms with van der Waals surface area (Å²) in [5.74, 6) is 0.307. The predicted octanol–water partition coefficient (Wildman–Crippen LogP) is 4.07. The highest BCUT2D eigenvalue weighted by molar-refractivity contribution is 7.12. The highest BCUT2D eigenvalue weighted by Crippen LogP contribution is 2.44. The topological polar surface area (TPSA) is 73.1 Å². The molecule has 25 heavy (non-hydrogen) atoms. The first-order valence-electron chi connectivity index (χ1n) is 8.33. The second-order valence-corrected chi connectivity index (χ2v) is 7.53. The highest BCUT2D eigenvalue weighted by atomic mass is 32.1. The van der Waals surface area contributed by atoms with Crippen molar-refractivity contribution < 1.29 is 9.59 Å². The van der Waals surface area contributed by atoms with Gasteiger partial charge in [-0.2, -0.15) is 0 Å². The molecule has 0 atom stereocenters. The van der Waals surface area contributed by atoms with Gasteiger partial charge in [-0.3, -0.25) is 9.59 Å². The zero-order chi connectivity index (χ0) is 17.6. The fraction of sp³-hybridized carbons (Fsp3) is 0.250. The molecule has 0 radical (unpaired) electrons. The van der Waals surface area contributed by atoms with Crippen molar-refractivity contribution in [3.63, 3.8) is 0 Å². The molecule has 0 spiro atoms. The van der Waals surface area contributed by atoms with Crippen LogP contribution in [0.4, 0.5) is 0 Å². The lowest BCUT2D eigenvalue weighted by Crippen LogP contribution is -2.13. The van der Waals surface area contributed by atoms with Gasteiger partial charge in [0.1, 0.15) is 0 Å². The van der Waals surface area contributed by atoms with E-state index in [1.54, 1.807) is 6.92 Å². The third kappa shape index (κ3) is 3.20. The molecule has 2 N–H and O–H groups in total. The van der Waals surface area contributed by atoms with Crippen LogP contribution in [0.3, 0.4) is 0 Å². The van der Waals surface area contributed by atoms with Gasteiger partial charge in [0, 0.05) is 16.3 Å². The molecule has 5 heteroatoms.